The minimum Gasteiger partial charge on any atom is -0.503 e. The summed E-state index contributed by atoms with van der Waals surface area (Å²) in [5.41, 5.74) is 2.91. The van der Waals surface area contributed by atoms with Crippen LogP contribution in [0.1, 0.15) is 11.1 Å². The van der Waals surface area contributed by atoms with Gasteiger partial charge in [-0.25, -0.2) is 9.78 Å². The molecule has 148 valence electrons. The first-order chi connectivity index (χ1) is 13.7. The summed E-state index contributed by atoms with van der Waals surface area (Å²) < 4.78 is 21.1. The lowest BCUT2D eigenvalue weighted by Gasteiger charge is -2.28. The van der Waals surface area contributed by atoms with Gasteiger partial charge in [0.05, 0.1) is 45.6 Å². The molecule has 0 radical (unpaired) electrons. The highest BCUT2D eigenvalue weighted by molar-refractivity contribution is 6.16. The Kier molecular flexibility index (Phi) is 6.86. The van der Waals surface area contributed by atoms with Crippen molar-refractivity contribution >= 4 is 17.2 Å². The molecule has 7 nitrogen and oxygen atoms in total. The normalized spacial score (nSPS) is 14.5. The fourth-order valence-electron chi connectivity index (χ4n) is 2.98. The van der Waals surface area contributed by atoms with Crippen LogP contribution in [0, 0.1) is 0 Å². The summed E-state index contributed by atoms with van der Waals surface area (Å²) in [6, 6.07) is 11.3. The van der Waals surface area contributed by atoms with E-state index in [-0.39, 0.29) is 6.61 Å². The van der Waals surface area contributed by atoms with E-state index >= 15 is 0 Å². The van der Waals surface area contributed by atoms with Gasteiger partial charge in [-0.1, -0.05) is 24.3 Å². The zero-order valence-corrected chi connectivity index (χ0v) is 16.1. The summed E-state index contributed by atoms with van der Waals surface area (Å²) in [6.45, 7) is 3.44. The number of esters is 1. The molecule has 0 amide bonds. The fourth-order valence-corrected chi connectivity index (χ4v) is 2.98. The Bertz CT molecular complexity index is 814. The van der Waals surface area contributed by atoms with Gasteiger partial charge in [-0.05, 0) is 17.2 Å². The van der Waals surface area contributed by atoms with E-state index in [1.165, 1.54) is 20.5 Å². The van der Waals surface area contributed by atoms with Gasteiger partial charge in [0.1, 0.15) is 12.2 Å². The molecular formula is C21H24N2O5. The number of carbonyl (C=O) groups excluding carboxylic acids is 1. The van der Waals surface area contributed by atoms with Crippen LogP contribution in [0.25, 0.3) is 5.57 Å². The van der Waals surface area contributed by atoms with Crippen LogP contribution in [0.3, 0.4) is 0 Å². The SMILES string of the molecule is CO/C=C(/C(=O)OC)c1ccccc1COc1ccc(N2CCOCC2)cn1. The number of morpholine rings is 1. The average molecular weight is 384 g/mol. The predicted octanol–water partition coefficient (Wildman–Crippen LogP) is 2.66. The maximum Gasteiger partial charge on any atom is 0.341 e. The van der Waals surface area contributed by atoms with E-state index in [0.717, 1.165) is 37.6 Å². The molecule has 1 saturated heterocycles. The molecule has 7 heteroatoms. The quantitative estimate of drug-likeness (QED) is 0.413. The van der Waals surface area contributed by atoms with Crippen LogP contribution in [-0.4, -0.2) is 51.5 Å². The molecule has 0 saturated carbocycles. The molecule has 0 bridgehead atoms. The average Bonchev–Trinajstić information content (AvgIpc) is 2.77. The van der Waals surface area contributed by atoms with Crippen LogP contribution in [0.15, 0.2) is 48.9 Å². The molecular weight excluding hydrogens is 360 g/mol. The van der Waals surface area contributed by atoms with Crippen molar-refractivity contribution in [2.45, 2.75) is 6.61 Å². The topological polar surface area (TPSA) is 70.1 Å². The third-order valence-electron chi connectivity index (χ3n) is 4.42. The van der Waals surface area contributed by atoms with E-state index in [0.29, 0.717) is 17.0 Å². The molecule has 0 atom stereocenters. The second-order valence-electron chi connectivity index (χ2n) is 6.16. The number of ether oxygens (including phenoxy) is 4. The van der Waals surface area contributed by atoms with Gasteiger partial charge in [0.2, 0.25) is 5.88 Å². The maximum absolute atomic E-state index is 12.1. The van der Waals surface area contributed by atoms with Crippen molar-refractivity contribution in [1.29, 1.82) is 0 Å². The highest BCUT2D eigenvalue weighted by atomic mass is 16.5. The number of aromatic nitrogens is 1. The van der Waals surface area contributed by atoms with E-state index in [1.54, 1.807) is 6.20 Å². The van der Waals surface area contributed by atoms with Crippen LogP contribution >= 0.6 is 0 Å². The molecule has 1 aromatic carbocycles. The number of pyridine rings is 1. The Morgan fingerprint density at radius 3 is 2.64 bits per heavy atom. The number of rotatable bonds is 7. The van der Waals surface area contributed by atoms with E-state index < -0.39 is 5.97 Å². The molecule has 1 aliphatic heterocycles. The van der Waals surface area contributed by atoms with Gasteiger partial charge in [0.15, 0.2) is 0 Å². The lowest BCUT2D eigenvalue weighted by molar-refractivity contribution is -0.133. The van der Waals surface area contributed by atoms with Gasteiger partial charge < -0.3 is 23.8 Å². The third-order valence-corrected chi connectivity index (χ3v) is 4.42. The molecule has 2 aromatic rings. The predicted molar refractivity (Wildman–Crippen MR) is 105 cm³/mol. The third kappa shape index (κ3) is 4.80. The van der Waals surface area contributed by atoms with E-state index in [4.69, 9.17) is 18.9 Å². The van der Waals surface area contributed by atoms with E-state index in [9.17, 15) is 4.79 Å². The van der Waals surface area contributed by atoms with Crippen molar-refractivity contribution in [1.82, 2.24) is 4.98 Å². The van der Waals surface area contributed by atoms with Crippen molar-refractivity contribution in [2.24, 2.45) is 0 Å². The van der Waals surface area contributed by atoms with Crippen molar-refractivity contribution in [3.05, 3.63) is 60.0 Å². The number of hydrogen-bond acceptors (Lipinski definition) is 7. The minimum atomic E-state index is -0.470. The number of methoxy groups -OCH3 is 2. The largest absolute Gasteiger partial charge is 0.503 e. The van der Waals surface area contributed by atoms with Gasteiger partial charge in [0, 0.05) is 19.2 Å². The standard InChI is InChI=1S/C21H24N2O5/c1-25-15-19(21(24)26-2)18-6-4-3-5-16(18)14-28-20-8-7-17(13-22-20)23-9-11-27-12-10-23/h3-8,13,15H,9-12,14H2,1-2H3/b19-15+. The summed E-state index contributed by atoms with van der Waals surface area (Å²) in [4.78, 5) is 18.7. The molecule has 1 fully saturated rings. The number of carbonyl (C=O) groups is 1. The molecule has 2 heterocycles. The maximum atomic E-state index is 12.1. The van der Waals surface area contributed by atoms with Crippen LogP contribution in [-0.2, 0) is 25.6 Å². The molecule has 1 aromatic heterocycles. The number of anilines is 1. The second-order valence-corrected chi connectivity index (χ2v) is 6.16. The Morgan fingerprint density at radius 2 is 1.96 bits per heavy atom. The zero-order chi connectivity index (χ0) is 19.8. The summed E-state index contributed by atoms with van der Waals surface area (Å²) in [5.74, 6) is 0.0458. The second kappa shape index (κ2) is 9.75. The van der Waals surface area contributed by atoms with Crippen LogP contribution in [0.4, 0.5) is 5.69 Å². The number of hydrogen-bond donors (Lipinski definition) is 0. The molecule has 0 spiro atoms. The highest BCUT2D eigenvalue weighted by Crippen LogP contribution is 2.23. The monoisotopic (exact) mass is 384 g/mol. The summed E-state index contributed by atoms with van der Waals surface area (Å²) in [7, 11) is 2.83. The summed E-state index contributed by atoms with van der Waals surface area (Å²) in [5, 5.41) is 0. The van der Waals surface area contributed by atoms with Gasteiger partial charge in [0.25, 0.3) is 0 Å². The first-order valence-corrected chi connectivity index (χ1v) is 9.04. The minimum absolute atomic E-state index is 0.262. The van der Waals surface area contributed by atoms with Crippen molar-refractivity contribution in [3.8, 4) is 5.88 Å². The lowest BCUT2D eigenvalue weighted by Crippen LogP contribution is -2.36. The van der Waals surface area contributed by atoms with E-state index in [2.05, 4.69) is 9.88 Å². The Hall–Kier alpha value is -3.06. The van der Waals surface area contributed by atoms with Gasteiger partial charge in [-0.3, -0.25) is 0 Å². The Labute approximate surface area is 164 Å². The van der Waals surface area contributed by atoms with Gasteiger partial charge in [-0.2, -0.15) is 0 Å². The first kappa shape index (κ1) is 19.7. The molecule has 0 unspecified atom stereocenters. The molecule has 0 aliphatic carbocycles. The summed E-state index contributed by atoms with van der Waals surface area (Å²) >= 11 is 0. The fraction of sp³-hybridized carbons (Fsp3) is 0.333. The van der Waals surface area contributed by atoms with Gasteiger partial charge in [-0.15, -0.1) is 0 Å². The number of benzene rings is 1. The Balaban J connectivity index is 1.71. The van der Waals surface area contributed by atoms with Crippen molar-refractivity contribution < 1.29 is 23.7 Å². The van der Waals surface area contributed by atoms with Crippen LogP contribution in [0.5, 0.6) is 5.88 Å². The van der Waals surface area contributed by atoms with Crippen LogP contribution in [0.2, 0.25) is 0 Å². The molecule has 3 rings (SSSR count). The smallest absolute Gasteiger partial charge is 0.341 e. The highest BCUT2D eigenvalue weighted by Gasteiger charge is 2.17. The zero-order valence-electron chi connectivity index (χ0n) is 16.1. The van der Waals surface area contributed by atoms with Crippen molar-refractivity contribution in [3.63, 3.8) is 0 Å². The Morgan fingerprint density at radius 1 is 1.18 bits per heavy atom. The lowest BCUT2D eigenvalue weighted by atomic mass is 10.0. The molecule has 1 aliphatic rings. The first-order valence-electron chi connectivity index (χ1n) is 9.04. The summed E-state index contributed by atoms with van der Waals surface area (Å²) in [6.07, 6.45) is 3.18. The molecule has 0 N–H and O–H groups in total. The number of nitrogens with zero attached hydrogens (tertiary/aromatic N) is 2. The van der Waals surface area contributed by atoms with Crippen molar-refractivity contribution in [2.75, 3.05) is 45.4 Å². The molecule has 28 heavy (non-hydrogen) atoms. The van der Waals surface area contributed by atoms with Crippen LogP contribution < -0.4 is 9.64 Å². The van der Waals surface area contributed by atoms with E-state index in [1.807, 2.05) is 36.4 Å². The van der Waals surface area contributed by atoms with Gasteiger partial charge >= 0.3 is 5.97 Å².